The predicted octanol–water partition coefficient (Wildman–Crippen LogP) is 4.44. The summed E-state index contributed by atoms with van der Waals surface area (Å²) in [6.45, 7) is 0.192. The SMILES string of the molecule is COCCBr.COCC[n+]1ccc(CNC(=O)C(OC(F)(F)C(F)(F)C(F)(F)F)C(F)(F)F)cc1.O=C(NCc1ccncc1)C(OC(F)(F)C(F)(F)C(F)(F)F)C(F)(F)F.[Br-]. The number of aromatic nitrogens is 2. The van der Waals surface area contributed by atoms with Gasteiger partial charge in [-0.05, 0) is 23.3 Å². The Kier molecular flexibility index (Phi) is 24.1. The van der Waals surface area contributed by atoms with Crippen molar-refractivity contribution in [1.29, 1.82) is 0 Å². The summed E-state index contributed by atoms with van der Waals surface area (Å²) < 4.78 is 268. The van der Waals surface area contributed by atoms with E-state index in [4.69, 9.17) is 4.74 Å². The molecular weight excluding hydrogens is 1050 g/mol. The number of pyridine rings is 2. The van der Waals surface area contributed by atoms with Crippen molar-refractivity contribution in [1.82, 2.24) is 15.6 Å². The van der Waals surface area contributed by atoms with Crippen molar-refractivity contribution in [3.63, 3.8) is 0 Å². The number of alkyl halides is 21. The fourth-order valence-corrected chi connectivity index (χ4v) is 3.73. The Morgan fingerprint density at radius 1 is 0.613 bits per heavy atom. The van der Waals surface area contributed by atoms with Gasteiger partial charge in [0.2, 0.25) is 12.2 Å². The van der Waals surface area contributed by atoms with Crippen molar-refractivity contribution in [3.05, 3.63) is 60.2 Å². The van der Waals surface area contributed by atoms with E-state index in [1.807, 2.05) is 0 Å². The van der Waals surface area contributed by atoms with Gasteiger partial charge in [0, 0.05) is 57.2 Å². The molecule has 0 radical (unpaired) electrons. The van der Waals surface area contributed by atoms with Gasteiger partial charge >= 0.3 is 48.8 Å². The maximum Gasteiger partial charge on any atom is 0.462 e. The highest BCUT2D eigenvalue weighted by Gasteiger charge is 2.77. The van der Waals surface area contributed by atoms with Crippen molar-refractivity contribution in [2.45, 2.75) is 80.6 Å². The van der Waals surface area contributed by atoms with Gasteiger partial charge in [0.15, 0.2) is 18.9 Å². The van der Waals surface area contributed by atoms with Crippen LogP contribution in [0.5, 0.6) is 0 Å². The van der Waals surface area contributed by atoms with Crippen molar-refractivity contribution >= 4 is 27.7 Å². The number of nitrogens with zero attached hydrogens (tertiary/aromatic N) is 2. The molecule has 2 aromatic rings. The van der Waals surface area contributed by atoms with E-state index >= 15 is 0 Å². The first-order valence-electron chi connectivity index (χ1n) is 15.6. The Morgan fingerprint density at radius 3 is 1.23 bits per heavy atom. The average Bonchev–Trinajstić information content (AvgIpc) is 3.13. The summed E-state index contributed by atoms with van der Waals surface area (Å²) in [7, 11) is 3.12. The second-order valence-corrected chi connectivity index (χ2v) is 12.0. The second kappa shape index (κ2) is 24.6. The van der Waals surface area contributed by atoms with Crippen molar-refractivity contribution < 1.29 is 138 Å². The number of rotatable bonds is 17. The van der Waals surface area contributed by atoms with Gasteiger partial charge < -0.3 is 37.1 Å². The Bertz CT molecular complexity index is 1620. The minimum absolute atomic E-state index is 0. The molecule has 0 aliphatic heterocycles. The molecule has 2 N–H and O–H groups in total. The highest BCUT2D eigenvalue weighted by molar-refractivity contribution is 9.09. The van der Waals surface area contributed by atoms with E-state index < -0.39 is 85.9 Å². The standard InChI is InChI=1S/C15H14F10N2O3.C12H8F10N2O2.C3H7BrO.BrH/c1-29-7-6-27-4-2-9(3-5-27)8-26-11(28)10(12(16,17)18)30-15(24,25)13(19,20)14(21,22)23;13-9(14,15)7(8(25)24-5-6-1-3-23-4-2-6)26-12(21,22)10(16,17)11(18,19)20;1-5-3-2-4;/h2-5,10H,6-8H2,1H3;1-4,7H,5H2,(H,24,25);2-3H2,1H3;1H. The number of ether oxygens (including phenoxy) is 4. The van der Waals surface area contributed by atoms with Gasteiger partial charge in [-0.25, -0.2) is 4.57 Å². The van der Waals surface area contributed by atoms with Gasteiger partial charge in [0.05, 0.1) is 6.61 Å². The highest BCUT2D eigenvalue weighted by atomic mass is 79.9. The molecule has 0 saturated heterocycles. The maximum atomic E-state index is 13.2. The van der Waals surface area contributed by atoms with Crippen LogP contribution in [0, 0.1) is 0 Å². The third-order valence-corrected chi connectivity index (χ3v) is 6.85. The van der Waals surface area contributed by atoms with Crippen LogP contribution in [0.2, 0.25) is 0 Å². The molecule has 32 heteroatoms. The molecule has 0 fully saturated rings. The van der Waals surface area contributed by atoms with Crippen LogP contribution in [0.15, 0.2) is 49.1 Å². The third-order valence-electron chi connectivity index (χ3n) is 6.52. The molecule has 62 heavy (non-hydrogen) atoms. The number of carbonyl (C=O) groups is 2. The van der Waals surface area contributed by atoms with Crippen molar-refractivity contribution in [2.75, 3.05) is 32.8 Å². The lowest BCUT2D eigenvalue weighted by Gasteiger charge is -2.31. The Hall–Kier alpha value is -3.36. The van der Waals surface area contributed by atoms with Gasteiger partial charge in [0.25, 0.3) is 11.8 Å². The normalized spacial score (nSPS) is 13.9. The van der Waals surface area contributed by atoms with E-state index in [2.05, 4.69) is 35.1 Å². The first-order chi connectivity index (χ1) is 27.5. The third kappa shape index (κ3) is 18.8. The van der Waals surface area contributed by atoms with Gasteiger partial charge in [-0.3, -0.25) is 24.0 Å². The molecule has 2 rings (SSSR count). The Balaban J connectivity index is 0. The Morgan fingerprint density at radius 2 is 0.952 bits per heavy atom. The van der Waals surface area contributed by atoms with Crippen molar-refractivity contribution in [2.24, 2.45) is 0 Å². The molecule has 2 unspecified atom stereocenters. The second-order valence-electron chi connectivity index (χ2n) is 11.2. The van der Waals surface area contributed by atoms with Gasteiger partial charge in [-0.15, -0.1) is 0 Å². The molecule has 2 heterocycles. The number of hydrogen-bond donors (Lipinski definition) is 2. The lowest BCUT2D eigenvalue weighted by atomic mass is 10.2. The van der Waals surface area contributed by atoms with Crippen LogP contribution < -0.4 is 32.2 Å². The molecule has 0 bridgehead atoms. The van der Waals surface area contributed by atoms with Crippen LogP contribution in [-0.2, 0) is 48.2 Å². The fraction of sp³-hybridized carbons (Fsp3) is 0.600. The molecule has 10 nitrogen and oxygen atoms in total. The van der Waals surface area contributed by atoms with E-state index in [9.17, 15) is 97.4 Å². The zero-order chi connectivity index (χ0) is 47.9. The number of carbonyl (C=O) groups excluding carboxylic acids is 2. The molecule has 2 atom stereocenters. The smallest absolute Gasteiger partial charge is 0.462 e. The lowest BCUT2D eigenvalue weighted by Crippen LogP contribution is -3.00. The monoisotopic (exact) mass is 1080 g/mol. The van der Waals surface area contributed by atoms with Crippen LogP contribution in [0.1, 0.15) is 11.1 Å². The first kappa shape index (κ1) is 60.7. The number of hydrogen-bond acceptors (Lipinski definition) is 7. The summed E-state index contributed by atoms with van der Waals surface area (Å²) in [6, 6.07) is 5.06. The number of nitrogens with one attached hydrogen (secondary N) is 2. The molecule has 0 aromatic carbocycles. The molecule has 2 aromatic heterocycles. The lowest BCUT2D eigenvalue weighted by molar-refractivity contribution is -0.698. The number of amides is 2. The summed E-state index contributed by atoms with van der Waals surface area (Å²) in [5.74, 6) is -18.7. The van der Waals surface area contributed by atoms with Crippen LogP contribution in [0.25, 0.3) is 0 Å². The largest absolute Gasteiger partial charge is 1.00 e. The number of methoxy groups -OCH3 is 2. The zero-order valence-electron chi connectivity index (χ0n) is 30.7. The van der Waals surface area contributed by atoms with Crippen molar-refractivity contribution in [3.8, 4) is 0 Å². The summed E-state index contributed by atoms with van der Waals surface area (Å²) in [5.41, 5.74) is 0.312. The zero-order valence-corrected chi connectivity index (χ0v) is 33.8. The summed E-state index contributed by atoms with van der Waals surface area (Å²) in [5, 5.41) is 3.88. The molecule has 0 spiro atoms. The van der Waals surface area contributed by atoms with Crippen LogP contribution in [-0.4, -0.2) is 111 Å². The molecule has 0 saturated carbocycles. The van der Waals surface area contributed by atoms with E-state index in [0.29, 0.717) is 13.2 Å². The van der Waals surface area contributed by atoms with E-state index in [1.54, 1.807) is 11.7 Å². The summed E-state index contributed by atoms with van der Waals surface area (Å²) in [6.07, 6.45) is -42.5. The minimum Gasteiger partial charge on any atom is -1.00 e. The molecule has 0 aliphatic carbocycles. The molecule has 0 aliphatic rings. The first-order valence-corrected chi connectivity index (χ1v) is 16.8. The predicted molar refractivity (Wildman–Crippen MR) is 166 cm³/mol. The summed E-state index contributed by atoms with van der Waals surface area (Å²) in [4.78, 5) is 26.5. The highest BCUT2D eigenvalue weighted by Crippen LogP contribution is 2.49. The number of halogens is 22. The quantitative estimate of drug-likeness (QED) is 0.137. The topological polar surface area (TPSA) is 112 Å². The van der Waals surface area contributed by atoms with E-state index in [-0.39, 0.29) is 28.1 Å². The van der Waals surface area contributed by atoms with Gasteiger partial charge in [-0.1, -0.05) is 15.9 Å². The van der Waals surface area contributed by atoms with Gasteiger partial charge in [0.1, 0.15) is 6.61 Å². The molecule has 360 valence electrons. The van der Waals surface area contributed by atoms with Crippen LogP contribution in [0.3, 0.4) is 0 Å². The van der Waals surface area contributed by atoms with Gasteiger partial charge in [-0.2, -0.15) is 87.8 Å². The van der Waals surface area contributed by atoms with E-state index in [0.717, 1.165) is 24.3 Å². The molecule has 2 amide bonds. The van der Waals surface area contributed by atoms with Crippen LogP contribution in [0.4, 0.5) is 87.8 Å². The van der Waals surface area contributed by atoms with E-state index in [1.165, 1.54) is 54.4 Å². The maximum absolute atomic E-state index is 13.2. The summed E-state index contributed by atoms with van der Waals surface area (Å²) >= 11 is 3.18. The molecular formula is C30H30Br2F20N4O6. The Labute approximate surface area is 354 Å². The minimum atomic E-state index is -6.97. The van der Waals surface area contributed by atoms with Crippen LogP contribution >= 0.6 is 15.9 Å². The fourth-order valence-electron chi connectivity index (χ4n) is 3.41. The average molecular weight is 1080 g/mol.